The smallest absolute Gasteiger partial charge is 0.306 e. The van der Waals surface area contributed by atoms with Crippen LogP contribution in [0.5, 0.6) is 0 Å². The molecule has 2 atom stereocenters. The van der Waals surface area contributed by atoms with E-state index in [2.05, 4.69) is 0 Å². The van der Waals surface area contributed by atoms with Crippen LogP contribution in [0.25, 0.3) is 0 Å². The average Bonchev–Trinajstić information content (AvgIpc) is 2.37. The lowest BCUT2D eigenvalue weighted by Gasteiger charge is -2.32. The summed E-state index contributed by atoms with van der Waals surface area (Å²) in [7, 11) is 0. The molecule has 2 aliphatic rings. The zero-order chi connectivity index (χ0) is 14.0. The van der Waals surface area contributed by atoms with Gasteiger partial charge in [-0.15, -0.1) is 0 Å². The minimum atomic E-state index is -0.223. The first-order chi connectivity index (χ1) is 9.02. The van der Waals surface area contributed by atoms with E-state index in [0.717, 1.165) is 6.42 Å². The van der Waals surface area contributed by atoms with Gasteiger partial charge in [-0.05, 0) is 24.7 Å². The predicted octanol–water partition coefficient (Wildman–Crippen LogP) is 2.16. The van der Waals surface area contributed by atoms with Crippen molar-refractivity contribution in [3.8, 4) is 0 Å². The lowest BCUT2D eigenvalue weighted by Crippen LogP contribution is -2.32. The molecule has 2 unspecified atom stereocenters. The number of aliphatic hydroxyl groups is 1. The fraction of sp³-hybridized carbons (Fsp3) is 0.643. The highest BCUT2D eigenvalue weighted by atomic mass is 16.5. The highest BCUT2D eigenvalue weighted by Gasteiger charge is 2.36. The molecule has 0 aromatic rings. The molecule has 1 heterocycles. The number of ether oxygens (including phenoxy) is 1. The Hall–Kier alpha value is -1.65. The number of allylic oxidation sites excluding steroid dienone is 2. The molecule has 0 bridgehead atoms. The summed E-state index contributed by atoms with van der Waals surface area (Å²) in [4.78, 5) is 23.3. The molecule has 0 saturated carbocycles. The second-order valence-electron chi connectivity index (χ2n) is 5.22. The molecule has 2 rings (SSSR count). The number of nitrogens with one attached hydrogen (secondary N) is 1. The van der Waals surface area contributed by atoms with Crippen LogP contribution in [0, 0.1) is 17.2 Å². The van der Waals surface area contributed by atoms with Gasteiger partial charge in [0.1, 0.15) is 5.76 Å². The molecule has 0 aromatic heterocycles. The molecule has 1 saturated heterocycles. The van der Waals surface area contributed by atoms with E-state index in [1.165, 1.54) is 0 Å². The third-order valence-corrected chi connectivity index (χ3v) is 3.97. The molecular formula is C14H19NO4. The van der Waals surface area contributed by atoms with Gasteiger partial charge in [0.15, 0.2) is 5.78 Å². The van der Waals surface area contributed by atoms with E-state index < -0.39 is 0 Å². The number of esters is 1. The zero-order valence-corrected chi connectivity index (χ0v) is 11.1. The fourth-order valence-electron chi connectivity index (χ4n) is 2.88. The Bertz CT molecular complexity index is 452. The van der Waals surface area contributed by atoms with Gasteiger partial charge in [-0.2, -0.15) is 0 Å². The molecule has 0 spiro atoms. The molecule has 1 fully saturated rings. The van der Waals surface area contributed by atoms with Crippen LogP contribution in [-0.4, -0.2) is 29.2 Å². The molecule has 1 aliphatic heterocycles. The second kappa shape index (κ2) is 5.55. The normalized spacial score (nSPS) is 28.3. The Morgan fingerprint density at radius 1 is 1.32 bits per heavy atom. The molecule has 0 radical (unpaired) electrons. The number of aliphatic hydroxyl groups excluding tert-OH is 1. The molecule has 0 aromatic carbocycles. The van der Waals surface area contributed by atoms with Gasteiger partial charge in [-0.1, -0.05) is 6.92 Å². The van der Waals surface area contributed by atoms with Crippen molar-refractivity contribution in [3.63, 3.8) is 0 Å². The Balaban J connectivity index is 2.13. The summed E-state index contributed by atoms with van der Waals surface area (Å²) in [5, 5.41) is 17.7. The van der Waals surface area contributed by atoms with Gasteiger partial charge in [-0.25, -0.2) is 0 Å². The van der Waals surface area contributed by atoms with Gasteiger partial charge in [0.05, 0.1) is 12.2 Å². The Labute approximate surface area is 112 Å². The number of hydrogen-bond acceptors (Lipinski definition) is 5. The van der Waals surface area contributed by atoms with Crippen molar-refractivity contribution in [2.75, 3.05) is 6.61 Å². The summed E-state index contributed by atoms with van der Waals surface area (Å²) in [5.74, 6) is -0.274. The molecular weight excluding hydrogens is 246 g/mol. The molecule has 19 heavy (non-hydrogen) atoms. The third-order valence-electron chi connectivity index (χ3n) is 3.97. The van der Waals surface area contributed by atoms with Gasteiger partial charge in [0.25, 0.3) is 0 Å². The number of rotatable bonds is 3. The first-order valence-electron chi connectivity index (χ1n) is 6.71. The van der Waals surface area contributed by atoms with Gasteiger partial charge < -0.3 is 15.3 Å². The number of ketones is 1. The first kappa shape index (κ1) is 13.8. The molecule has 0 amide bonds. The SMILES string of the molecule is CCC(=N)C1=C(O)CC(C2CCOC(=O)C2)CC1=O. The van der Waals surface area contributed by atoms with Crippen LogP contribution in [0.2, 0.25) is 0 Å². The molecule has 5 heteroatoms. The predicted molar refractivity (Wildman–Crippen MR) is 69.1 cm³/mol. The fourth-order valence-corrected chi connectivity index (χ4v) is 2.88. The van der Waals surface area contributed by atoms with Gasteiger partial charge >= 0.3 is 5.97 Å². The largest absolute Gasteiger partial charge is 0.511 e. The van der Waals surface area contributed by atoms with Gasteiger partial charge in [0.2, 0.25) is 0 Å². The number of Topliss-reactive ketones (excluding diaryl/α,β-unsaturated/α-hetero) is 1. The zero-order valence-electron chi connectivity index (χ0n) is 11.1. The average molecular weight is 265 g/mol. The highest BCUT2D eigenvalue weighted by Crippen LogP contribution is 2.36. The van der Waals surface area contributed by atoms with Crippen LogP contribution >= 0.6 is 0 Å². The van der Waals surface area contributed by atoms with Crippen LogP contribution in [0.4, 0.5) is 0 Å². The maximum absolute atomic E-state index is 12.1. The van der Waals surface area contributed by atoms with E-state index >= 15 is 0 Å². The first-order valence-corrected chi connectivity index (χ1v) is 6.71. The van der Waals surface area contributed by atoms with E-state index in [4.69, 9.17) is 10.1 Å². The quantitative estimate of drug-likeness (QED) is 0.604. The number of cyclic esters (lactones) is 1. The van der Waals surface area contributed by atoms with Crippen molar-refractivity contribution in [2.45, 2.75) is 39.0 Å². The van der Waals surface area contributed by atoms with Crippen molar-refractivity contribution >= 4 is 17.5 Å². The maximum Gasteiger partial charge on any atom is 0.306 e. The van der Waals surface area contributed by atoms with Crippen LogP contribution in [0.1, 0.15) is 39.0 Å². The van der Waals surface area contributed by atoms with Crippen molar-refractivity contribution < 1.29 is 19.4 Å². The van der Waals surface area contributed by atoms with E-state index in [1.54, 1.807) is 6.92 Å². The Kier molecular flexibility index (Phi) is 4.02. The summed E-state index contributed by atoms with van der Waals surface area (Å²) in [6.45, 7) is 2.19. The van der Waals surface area contributed by atoms with E-state index in [0.29, 0.717) is 32.3 Å². The van der Waals surface area contributed by atoms with Crippen molar-refractivity contribution in [1.29, 1.82) is 5.41 Å². The lowest BCUT2D eigenvalue weighted by molar-refractivity contribution is -0.150. The Morgan fingerprint density at radius 3 is 2.63 bits per heavy atom. The maximum atomic E-state index is 12.1. The molecule has 104 valence electrons. The van der Waals surface area contributed by atoms with Crippen molar-refractivity contribution in [3.05, 3.63) is 11.3 Å². The number of hydrogen-bond donors (Lipinski definition) is 2. The minimum absolute atomic E-state index is 0.00578. The van der Waals surface area contributed by atoms with Crippen molar-refractivity contribution in [2.24, 2.45) is 11.8 Å². The van der Waals surface area contributed by atoms with E-state index in [9.17, 15) is 14.7 Å². The van der Waals surface area contributed by atoms with E-state index in [-0.39, 0.29) is 40.6 Å². The Morgan fingerprint density at radius 2 is 2.05 bits per heavy atom. The second-order valence-corrected chi connectivity index (χ2v) is 5.22. The minimum Gasteiger partial charge on any atom is -0.511 e. The lowest BCUT2D eigenvalue weighted by atomic mass is 9.75. The molecule has 2 N–H and O–H groups in total. The monoisotopic (exact) mass is 265 g/mol. The summed E-state index contributed by atoms with van der Waals surface area (Å²) >= 11 is 0. The topological polar surface area (TPSA) is 87.4 Å². The summed E-state index contributed by atoms with van der Waals surface area (Å²) in [6, 6.07) is 0. The van der Waals surface area contributed by atoms with Crippen LogP contribution in [-0.2, 0) is 14.3 Å². The summed E-state index contributed by atoms with van der Waals surface area (Å²) in [5.41, 5.74) is 0.390. The third kappa shape index (κ3) is 2.85. The summed E-state index contributed by atoms with van der Waals surface area (Å²) < 4.78 is 4.90. The van der Waals surface area contributed by atoms with Crippen LogP contribution in [0.15, 0.2) is 11.3 Å². The van der Waals surface area contributed by atoms with Crippen LogP contribution < -0.4 is 0 Å². The van der Waals surface area contributed by atoms with Gasteiger partial charge in [0, 0.05) is 25.0 Å². The number of carbonyl (C=O) groups is 2. The van der Waals surface area contributed by atoms with Crippen molar-refractivity contribution in [1.82, 2.24) is 0 Å². The van der Waals surface area contributed by atoms with Crippen LogP contribution in [0.3, 0.4) is 0 Å². The molecule has 5 nitrogen and oxygen atoms in total. The van der Waals surface area contributed by atoms with Gasteiger partial charge in [-0.3, -0.25) is 9.59 Å². The standard InChI is InChI=1S/C14H19NO4/c1-2-10(15)14-11(16)5-9(6-12(14)17)8-3-4-19-13(18)7-8/h8-9,15-16H,2-7H2,1H3. The highest BCUT2D eigenvalue weighted by molar-refractivity contribution is 6.22. The summed E-state index contributed by atoms with van der Waals surface area (Å²) in [6.07, 6.45) is 2.22. The number of carbonyl (C=O) groups excluding carboxylic acids is 2. The molecule has 1 aliphatic carbocycles. The van der Waals surface area contributed by atoms with E-state index in [1.807, 2.05) is 0 Å².